The van der Waals surface area contributed by atoms with E-state index in [-0.39, 0.29) is 11.3 Å². The summed E-state index contributed by atoms with van der Waals surface area (Å²) in [5.74, 6) is 0.580. The van der Waals surface area contributed by atoms with Crippen LogP contribution in [0.4, 0.5) is 5.82 Å². The lowest BCUT2D eigenvalue weighted by atomic mass is 9.96. The number of carbonyl (C=O) groups excluding carboxylic acids is 1. The highest BCUT2D eigenvalue weighted by Gasteiger charge is 2.21. The van der Waals surface area contributed by atoms with Gasteiger partial charge in [0.25, 0.3) is 0 Å². The van der Waals surface area contributed by atoms with Crippen LogP contribution in [0, 0.1) is 8.99 Å². The van der Waals surface area contributed by atoms with Crippen LogP contribution in [-0.4, -0.2) is 10.9 Å². The van der Waals surface area contributed by atoms with Crippen molar-refractivity contribution in [3.05, 3.63) is 21.9 Å². The molecule has 1 aromatic heterocycles. The molecule has 0 aliphatic rings. The summed E-state index contributed by atoms with van der Waals surface area (Å²) >= 11 is 2.17. The molecule has 3 nitrogen and oxygen atoms in total. The molecule has 0 spiro atoms. The molecule has 14 heavy (non-hydrogen) atoms. The molecule has 0 aliphatic carbocycles. The van der Waals surface area contributed by atoms with Crippen molar-refractivity contribution in [2.45, 2.75) is 20.8 Å². The summed E-state index contributed by atoms with van der Waals surface area (Å²) in [6, 6.07) is 3.71. The van der Waals surface area contributed by atoms with Crippen molar-refractivity contribution in [2.24, 2.45) is 5.41 Å². The van der Waals surface area contributed by atoms with E-state index in [4.69, 9.17) is 0 Å². The summed E-state index contributed by atoms with van der Waals surface area (Å²) in [4.78, 5) is 15.7. The van der Waals surface area contributed by atoms with Gasteiger partial charge >= 0.3 is 0 Å². The Morgan fingerprint density at radius 2 is 2.07 bits per heavy atom. The third-order valence-corrected chi connectivity index (χ3v) is 2.29. The lowest BCUT2D eigenvalue weighted by Crippen LogP contribution is -2.27. The van der Waals surface area contributed by atoms with Crippen LogP contribution in [0.1, 0.15) is 20.8 Å². The van der Waals surface area contributed by atoms with Crippen molar-refractivity contribution in [2.75, 3.05) is 5.32 Å². The van der Waals surface area contributed by atoms with Crippen LogP contribution < -0.4 is 5.32 Å². The first-order valence-electron chi connectivity index (χ1n) is 4.32. The number of hydrogen-bond donors (Lipinski definition) is 1. The van der Waals surface area contributed by atoms with Gasteiger partial charge in [0.2, 0.25) is 5.91 Å². The molecule has 4 heteroatoms. The number of halogens is 1. The largest absolute Gasteiger partial charge is 0.310 e. The lowest BCUT2D eigenvalue weighted by molar-refractivity contribution is -0.123. The minimum atomic E-state index is -0.384. The van der Waals surface area contributed by atoms with E-state index in [0.29, 0.717) is 5.82 Å². The Labute approximate surface area is 97.4 Å². The van der Waals surface area contributed by atoms with Gasteiger partial charge in [0, 0.05) is 15.2 Å². The molecule has 0 saturated carbocycles. The SMILES string of the molecule is CC(C)(C)C(=O)Nc1ccc(I)cn1. The third kappa shape index (κ3) is 3.25. The predicted octanol–water partition coefficient (Wildman–Crippen LogP) is 2.67. The van der Waals surface area contributed by atoms with Crippen LogP contribution >= 0.6 is 22.6 Å². The Hall–Kier alpha value is -0.650. The molecular weight excluding hydrogens is 291 g/mol. The van der Waals surface area contributed by atoms with Gasteiger partial charge in [-0.2, -0.15) is 0 Å². The average molecular weight is 304 g/mol. The fraction of sp³-hybridized carbons (Fsp3) is 0.400. The second-order valence-electron chi connectivity index (χ2n) is 4.07. The number of anilines is 1. The predicted molar refractivity (Wildman–Crippen MR) is 65.0 cm³/mol. The number of nitrogens with one attached hydrogen (secondary N) is 1. The van der Waals surface area contributed by atoms with Gasteiger partial charge in [0.1, 0.15) is 5.82 Å². The monoisotopic (exact) mass is 304 g/mol. The normalized spacial score (nSPS) is 11.1. The summed E-state index contributed by atoms with van der Waals surface area (Å²) < 4.78 is 1.05. The number of nitrogens with zero attached hydrogens (tertiary/aromatic N) is 1. The van der Waals surface area contributed by atoms with Gasteiger partial charge in [-0.15, -0.1) is 0 Å². The molecule has 76 valence electrons. The van der Waals surface area contributed by atoms with Crippen LogP contribution in [0.15, 0.2) is 18.3 Å². The molecule has 0 bridgehead atoms. The summed E-state index contributed by atoms with van der Waals surface area (Å²) in [5.41, 5.74) is -0.384. The highest BCUT2D eigenvalue weighted by molar-refractivity contribution is 14.1. The Morgan fingerprint density at radius 3 is 2.50 bits per heavy atom. The number of pyridine rings is 1. The Kier molecular flexibility index (Phi) is 3.47. The summed E-state index contributed by atoms with van der Waals surface area (Å²) in [7, 11) is 0. The van der Waals surface area contributed by atoms with Gasteiger partial charge in [-0.05, 0) is 34.7 Å². The Morgan fingerprint density at radius 1 is 1.43 bits per heavy atom. The van der Waals surface area contributed by atoms with Crippen molar-refractivity contribution < 1.29 is 4.79 Å². The van der Waals surface area contributed by atoms with Crippen molar-refractivity contribution in [3.8, 4) is 0 Å². The molecule has 0 atom stereocenters. The molecule has 0 saturated heterocycles. The number of hydrogen-bond acceptors (Lipinski definition) is 2. The average Bonchev–Trinajstić information content (AvgIpc) is 2.07. The lowest BCUT2D eigenvalue weighted by Gasteiger charge is -2.16. The smallest absolute Gasteiger partial charge is 0.230 e. The van der Waals surface area contributed by atoms with Gasteiger partial charge in [-0.25, -0.2) is 4.98 Å². The van der Waals surface area contributed by atoms with Crippen LogP contribution in [0.3, 0.4) is 0 Å². The van der Waals surface area contributed by atoms with Gasteiger partial charge in [-0.1, -0.05) is 20.8 Å². The van der Waals surface area contributed by atoms with E-state index >= 15 is 0 Å². The topological polar surface area (TPSA) is 42.0 Å². The molecule has 0 unspecified atom stereocenters. The fourth-order valence-corrected chi connectivity index (χ4v) is 1.07. The summed E-state index contributed by atoms with van der Waals surface area (Å²) in [6.45, 7) is 5.61. The minimum absolute atomic E-state index is 0.0220. The molecule has 1 rings (SSSR count). The van der Waals surface area contributed by atoms with Crippen LogP contribution in [0.5, 0.6) is 0 Å². The van der Waals surface area contributed by atoms with E-state index in [1.807, 2.05) is 26.8 Å². The van der Waals surface area contributed by atoms with E-state index < -0.39 is 0 Å². The van der Waals surface area contributed by atoms with Gasteiger partial charge in [-0.3, -0.25) is 4.79 Å². The molecule has 0 aliphatic heterocycles. The second kappa shape index (κ2) is 4.25. The molecule has 1 aromatic rings. The third-order valence-electron chi connectivity index (χ3n) is 1.65. The number of carbonyl (C=O) groups is 1. The zero-order chi connectivity index (χ0) is 10.8. The molecule has 0 fully saturated rings. The highest BCUT2D eigenvalue weighted by Crippen LogP contribution is 2.16. The zero-order valence-corrected chi connectivity index (χ0v) is 10.6. The highest BCUT2D eigenvalue weighted by atomic mass is 127. The van der Waals surface area contributed by atoms with Gasteiger partial charge < -0.3 is 5.32 Å². The van der Waals surface area contributed by atoms with Crippen molar-refractivity contribution in [3.63, 3.8) is 0 Å². The van der Waals surface area contributed by atoms with Gasteiger partial charge in [0.05, 0.1) is 0 Å². The van der Waals surface area contributed by atoms with Crippen LogP contribution in [-0.2, 0) is 4.79 Å². The van der Waals surface area contributed by atoms with Gasteiger partial charge in [0.15, 0.2) is 0 Å². The maximum atomic E-state index is 11.6. The molecule has 1 heterocycles. The summed E-state index contributed by atoms with van der Waals surface area (Å²) in [5, 5.41) is 2.76. The van der Waals surface area contributed by atoms with Crippen LogP contribution in [0.2, 0.25) is 0 Å². The summed E-state index contributed by atoms with van der Waals surface area (Å²) in [6.07, 6.45) is 1.72. The Balaban J connectivity index is 2.71. The number of aromatic nitrogens is 1. The first-order valence-corrected chi connectivity index (χ1v) is 5.40. The van der Waals surface area contributed by atoms with Crippen molar-refractivity contribution in [1.29, 1.82) is 0 Å². The second-order valence-corrected chi connectivity index (χ2v) is 5.31. The first-order chi connectivity index (χ1) is 6.39. The first kappa shape index (κ1) is 11.4. The minimum Gasteiger partial charge on any atom is -0.310 e. The maximum absolute atomic E-state index is 11.6. The molecule has 1 amide bonds. The standard InChI is InChI=1S/C10H13IN2O/c1-10(2,3)9(14)13-8-5-4-7(11)6-12-8/h4-6H,1-3H3,(H,12,13,14). The van der Waals surface area contributed by atoms with E-state index in [2.05, 4.69) is 32.9 Å². The Bertz CT molecular complexity index is 327. The van der Waals surface area contributed by atoms with Crippen molar-refractivity contribution in [1.82, 2.24) is 4.98 Å². The molecule has 1 N–H and O–H groups in total. The molecule has 0 radical (unpaired) electrons. The number of amides is 1. The van der Waals surface area contributed by atoms with E-state index in [1.54, 1.807) is 12.3 Å². The molecule has 0 aromatic carbocycles. The van der Waals surface area contributed by atoms with Crippen LogP contribution in [0.25, 0.3) is 0 Å². The van der Waals surface area contributed by atoms with E-state index in [0.717, 1.165) is 3.57 Å². The van der Waals surface area contributed by atoms with E-state index in [9.17, 15) is 4.79 Å². The fourth-order valence-electron chi connectivity index (χ4n) is 0.754. The maximum Gasteiger partial charge on any atom is 0.230 e. The van der Waals surface area contributed by atoms with Crippen molar-refractivity contribution >= 4 is 34.3 Å². The number of rotatable bonds is 1. The quantitative estimate of drug-likeness (QED) is 0.811. The zero-order valence-electron chi connectivity index (χ0n) is 8.47. The molecular formula is C10H13IN2O. The van der Waals surface area contributed by atoms with E-state index in [1.165, 1.54) is 0 Å².